The topological polar surface area (TPSA) is 132 Å². The fourth-order valence-electron chi connectivity index (χ4n) is 3.35. The Morgan fingerprint density at radius 1 is 1.03 bits per heavy atom. The summed E-state index contributed by atoms with van der Waals surface area (Å²) in [5.74, 6) is -3.97. The van der Waals surface area contributed by atoms with Gasteiger partial charge in [-0.1, -0.05) is 47.5 Å². The number of carboxylic acid groups (broad SMARTS) is 1. The van der Waals surface area contributed by atoms with E-state index in [9.17, 15) is 29.1 Å². The van der Waals surface area contributed by atoms with Gasteiger partial charge in [0.1, 0.15) is 12.1 Å². The summed E-state index contributed by atoms with van der Waals surface area (Å²) in [4.78, 5) is 61.8. The molecule has 0 aliphatic rings. The molecule has 1 amide bonds. The van der Waals surface area contributed by atoms with Crippen LogP contribution in [-0.2, 0) is 19.1 Å². The van der Waals surface area contributed by atoms with Crippen LogP contribution >= 0.6 is 23.2 Å². The number of pyridine rings is 1. The van der Waals surface area contributed by atoms with Gasteiger partial charge < -0.3 is 19.7 Å². The van der Waals surface area contributed by atoms with E-state index in [2.05, 4.69) is 5.32 Å². The Morgan fingerprint density at radius 3 is 2.34 bits per heavy atom. The predicted octanol–water partition coefficient (Wildman–Crippen LogP) is 3.25. The summed E-state index contributed by atoms with van der Waals surface area (Å²) < 4.78 is 6.13. The van der Waals surface area contributed by atoms with Gasteiger partial charge in [0, 0.05) is 11.6 Å². The Balaban J connectivity index is 1.73. The molecule has 0 spiro atoms. The Hall–Kier alpha value is -3.69. The maximum absolute atomic E-state index is 12.8. The van der Waals surface area contributed by atoms with Crippen LogP contribution in [0.3, 0.4) is 0 Å². The minimum atomic E-state index is -1.51. The lowest BCUT2D eigenvalue weighted by atomic mass is 10.1. The molecule has 0 bridgehead atoms. The van der Waals surface area contributed by atoms with Gasteiger partial charge >= 0.3 is 11.9 Å². The van der Waals surface area contributed by atoms with Gasteiger partial charge in [-0.05, 0) is 36.6 Å². The van der Waals surface area contributed by atoms with Crippen LogP contribution < -0.4 is 10.9 Å². The molecule has 11 heteroatoms. The Kier molecular flexibility index (Phi) is 8.26. The average Bonchev–Trinajstić information content (AvgIpc) is 2.81. The number of rotatable bonds is 9. The van der Waals surface area contributed by atoms with Crippen molar-refractivity contribution in [1.82, 2.24) is 9.88 Å². The van der Waals surface area contributed by atoms with E-state index in [1.54, 1.807) is 30.3 Å². The largest absolute Gasteiger partial charge is 0.481 e. The highest BCUT2D eigenvalue weighted by Gasteiger charge is 2.28. The number of nitrogens with one attached hydrogen (secondary N) is 1. The van der Waals surface area contributed by atoms with Crippen molar-refractivity contribution in [2.75, 3.05) is 6.61 Å². The van der Waals surface area contributed by atoms with E-state index in [4.69, 9.17) is 27.9 Å². The van der Waals surface area contributed by atoms with E-state index < -0.39 is 54.3 Å². The number of nitrogens with zero attached hydrogens (tertiary/aromatic N) is 1. The first-order valence-electron chi connectivity index (χ1n) is 10.4. The Labute approximate surface area is 209 Å². The lowest BCUT2D eigenvalue weighted by Crippen LogP contribution is -2.47. The second-order valence-corrected chi connectivity index (χ2v) is 8.40. The van der Waals surface area contributed by atoms with Crippen molar-refractivity contribution >= 4 is 57.6 Å². The lowest BCUT2D eigenvalue weighted by molar-refractivity contribution is -0.141. The van der Waals surface area contributed by atoms with Crippen LogP contribution in [-0.4, -0.2) is 46.0 Å². The number of ether oxygens (including phenoxy) is 1. The van der Waals surface area contributed by atoms with E-state index in [1.807, 2.05) is 0 Å². The van der Waals surface area contributed by atoms with Crippen LogP contribution in [0.5, 0.6) is 0 Å². The highest BCUT2D eigenvalue weighted by atomic mass is 35.5. The maximum atomic E-state index is 12.8. The molecular weight excluding hydrogens is 499 g/mol. The molecule has 1 unspecified atom stereocenters. The minimum Gasteiger partial charge on any atom is -0.481 e. The first-order valence-corrected chi connectivity index (χ1v) is 11.1. The number of Topliss-reactive ketones (excluding diaryl/α,β-unsaturated/α-hetero) is 1. The number of aliphatic carboxylic acids is 1. The molecular formula is C24H20Cl2N2O7. The van der Waals surface area contributed by atoms with Crippen LogP contribution in [0.4, 0.5) is 0 Å². The summed E-state index contributed by atoms with van der Waals surface area (Å²) in [5.41, 5.74) is -0.566. The van der Waals surface area contributed by atoms with E-state index >= 15 is 0 Å². The molecule has 0 radical (unpaired) electrons. The second-order valence-electron chi connectivity index (χ2n) is 7.59. The number of ketones is 1. The van der Waals surface area contributed by atoms with Crippen LogP contribution in [0.1, 0.15) is 29.7 Å². The quantitative estimate of drug-likeness (QED) is 0.415. The molecule has 0 saturated heterocycles. The second kappa shape index (κ2) is 11.2. The zero-order valence-corrected chi connectivity index (χ0v) is 19.9. The third-order valence-electron chi connectivity index (χ3n) is 5.23. The number of carboxylic acids is 1. The Bertz CT molecular complexity index is 1350. The molecule has 182 valence electrons. The normalized spacial score (nSPS) is 12.5. The monoisotopic (exact) mass is 518 g/mol. The van der Waals surface area contributed by atoms with Gasteiger partial charge in [0.2, 0.25) is 5.91 Å². The third kappa shape index (κ3) is 6.06. The summed E-state index contributed by atoms with van der Waals surface area (Å²) in [6.07, 6.45) is 0.687. The van der Waals surface area contributed by atoms with Gasteiger partial charge in [-0.2, -0.15) is 0 Å². The van der Waals surface area contributed by atoms with Crippen molar-refractivity contribution in [3.05, 3.63) is 80.7 Å². The number of fused-ring (bicyclic) bond motifs is 1. The van der Waals surface area contributed by atoms with E-state index in [0.29, 0.717) is 10.8 Å². The molecule has 9 nitrogen and oxygen atoms in total. The number of carbonyl (C=O) groups excluding carboxylic acids is 3. The van der Waals surface area contributed by atoms with E-state index in [-0.39, 0.29) is 15.6 Å². The molecule has 2 atom stereocenters. The number of esters is 1. The molecule has 1 aromatic heterocycles. The minimum absolute atomic E-state index is 0.0139. The van der Waals surface area contributed by atoms with Gasteiger partial charge in [-0.25, -0.2) is 4.79 Å². The standard InChI is InChI=1S/C24H20Cl2N2O7/c1-13(28-10-9-14-5-2-3-6-15(14)23(28)33)22(32)27-18(11-20(30)31)19(29)12-35-24(34)21-16(25)7-4-8-17(21)26/h2-10,13,18H,11-12H2,1H3,(H,27,32)(H,30,31)/t13-,18?/m0/s1. The number of benzene rings is 2. The lowest BCUT2D eigenvalue weighted by Gasteiger charge is -2.20. The van der Waals surface area contributed by atoms with Gasteiger partial charge in [0.05, 0.1) is 22.0 Å². The molecule has 2 N–H and O–H groups in total. The summed E-state index contributed by atoms with van der Waals surface area (Å²) >= 11 is 11.9. The fourth-order valence-corrected chi connectivity index (χ4v) is 3.90. The third-order valence-corrected chi connectivity index (χ3v) is 5.86. The first-order chi connectivity index (χ1) is 16.6. The van der Waals surface area contributed by atoms with Gasteiger partial charge in [-0.3, -0.25) is 19.2 Å². The van der Waals surface area contributed by atoms with Crippen LogP contribution in [0.15, 0.2) is 59.5 Å². The average molecular weight is 519 g/mol. The first kappa shape index (κ1) is 25.9. The van der Waals surface area contributed by atoms with E-state index in [1.165, 1.54) is 35.9 Å². The molecule has 1 heterocycles. The molecule has 2 aromatic carbocycles. The molecule has 3 aromatic rings. The molecule has 3 rings (SSSR count). The van der Waals surface area contributed by atoms with Crippen molar-refractivity contribution in [2.45, 2.75) is 25.4 Å². The molecule has 35 heavy (non-hydrogen) atoms. The van der Waals surface area contributed by atoms with Crippen LogP contribution in [0.2, 0.25) is 10.0 Å². The van der Waals surface area contributed by atoms with Crippen molar-refractivity contribution in [1.29, 1.82) is 0 Å². The van der Waals surface area contributed by atoms with Crippen molar-refractivity contribution in [2.24, 2.45) is 0 Å². The van der Waals surface area contributed by atoms with Gasteiger partial charge in [0.25, 0.3) is 5.56 Å². The maximum Gasteiger partial charge on any atom is 0.341 e. The van der Waals surface area contributed by atoms with Crippen molar-refractivity contribution < 1.29 is 29.0 Å². The SMILES string of the molecule is C[C@@H](C(=O)NC(CC(=O)O)C(=O)COC(=O)c1c(Cl)cccc1Cl)n1ccc2ccccc2c1=O. The highest BCUT2D eigenvalue weighted by molar-refractivity contribution is 6.39. The van der Waals surface area contributed by atoms with Crippen molar-refractivity contribution in [3.8, 4) is 0 Å². The zero-order valence-electron chi connectivity index (χ0n) is 18.4. The number of halogens is 2. The number of aromatic nitrogens is 1. The number of hydrogen-bond donors (Lipinski definition) is 2. The van der Waals surface area contributed by atoms with Crippen LogP contribution in [0, 0.1) is 0 Å². The number of hydrogen-bond acceptors (Lipinski definition) is 6. The van der Waals surface area contributed by atoms with Gasteiger partial charge in [0.15, 0.2) is 12.4 Å². The summed E-state index contributed by atoms with van der Waals surface area (Å²) in [6.45, 7) is 0.607. The Morgan fingerprint density at radius 2 is 1.69 bits per heavy atom. The number of amides is 1. The fraction of sp³-hybridized carbons (Fsp3) is 0.208. The smallest absolute Gasteiger partial charge is 0.341 e. The van der Waals surface area contributed by atoms with E-state index in [0.717, 1.165) is 0 Å². The predicted molar refractivity (Wildman–Crippen MR) is 129 cm³/mol. The molecule has 0 aliphatic carbocycles. The highest BCUT2D eigenvalue weighted by Crippen LogP contribution is 2.25. The molecule has 0 saturated carbocycles. The van der Waals surface area contributed by atoms with Crippen molar-refractivity contribution in [3.63, 3.8) is 0 Å². The molecule has 0 fully saturated rings. The summed E-state index contributed by atoms with van der Waals surface area (Å²) in [7, 11) is 0. The molecule has 0 aliphatic heterocycles. The summed E-state index contributed by atoms with van der Waals surface area (Å²) in [5, 5.41) is 12.6. The van der Waals surface area contributed by atoms with Gasteiger partial charge in [-0.15, -0.1) is 0 Å². The zero-order chi connectivity index (χ0) is 25.7. The van der Waals surface area contributed by atoms with Crippen LogP contribution in [0.25, 0.3) is 10.8 Å². The summed E-state index contributed by atoms with van der Waals surface area (Å²) in [6, 6.07) is 10.3. The number of carbonyl (C=O) groups is 4.